The predicted octanol–water partition coefficient (Wildman–Crippen LogP) is 3.74. The van der Waals surface area contributed by atoms with E-state index in [1.165, 1.54) is 12.8 Å². The molecule has 0 heterocycles. The summed E-state index contributed by atoms with van der Waals surface area (Å²) in [5, 5.41) is 13.1. The Morgan fingerprint density at radius 1 is 1.39 bits per heavy atom. The molecule has 0 spiro atoms. The van der Waals surface area contributed by atoms with Gasteiger partial charge in [-0.3, -0.25) is 0 Å². The lowest BCUT2D eigenvalue weighted by molar-refractivity contribution is 0.370. The van der Waals surface area contributed by atoms with E-state index in [1.54, 1.807) is 6.07 Å². The zero-order valence-electron chi connectivity index (χ0n) is 10.9. The Hall–Kier alpha value is -1.04. The molecule has 3 heteroatoms. The smallest absolute Gasteiger partial charge is 0.0992 e. The summed E-state index contributed by atoms with van der Waals surface area (Å²) in [6, 6.07) is 8.19. The maximum atomic E-state index is 8.80. The zero-order chi connectivity index (χ0) is 13.1. The molecule has 18 heavy (non-hydrogen) atoms. The molecule has 1 aromatic rings. The van der Waals surface area contributed by atoms with Crippen LogP contribution in [0, 0.1) is 23.2 Å². The lowest BCUT2D eigenvalue weighted by Gasteiger charge is -2.20. The Kier molecular flexibility index (Phi) is 4.27. The number of nitriles is 1. The number of nitrogens with zero attached hydrogens (tertiary/aromatic N) is 1. The molecule has 1 aliphatic carbocycles. The van der Waals surface area contributed by atoms with Crippen molar-refractivity contribution in [2.75, 3.05) is 0 Å². The van der Waals surface area contributed by atoms with Crippen molar-refractivity contribution < 1.29 is 0 Å². The third-order valence-corrected chi connectivity index (χ3v) is 4.55. The van der Waals surface area contributed by atoms with Gasteiger partial charge in [-0.05, 0) is 42.4 Å². The van der Waals surface area contributed by atoms with E-state index in [4.69, 9.17) is 16.9 Å². The van der Waals surface area contributed by atoms with Crippen LogP contribution < -0.4 is 5.32 Å². The molecule has 0 bridgehead atoms. The van der Waals surface area contributed by atoms with Gasteiger partial charge in [0.2, 0.25) is 0 Å². The van der Waals surface area contributed by atoms with Crippen LogP contribution in [0.5, 0.6) is 0 Å². The van der Waals surface area contributed by atoms with Gasteiger partial charge < -0.3 is 5.32 Å². The first-order chi connectivity index (χ1) is 8.61. The topological polar surface area (TPSA) is 35.8 Å². The van der Waals surface area contributed by atoms with Crippen LogP contribution in [-0.2, 0) is 6.54 Å². The Balaban J connectivity index is 1.97. The first kappa shape index (κ1) is 13.4. The SMILES string of the molecule is CC1CCC(NCc2ccc(C#N)cc2Cl)C1C. The van der Waals surface area contributed by atoms with Crippen LogP contribution >= 0.6 is 11.6 Å². The largest absolute Gasteiger partial charge is 0.310 e. The van der Waals surface area contributed by atoms with Gasteiger partial charge in [-0.2, -0.15) is 5.26 Å². The normalized spacial score (nSPS) is 27.1. The van der Waals surface area contributed by atoms with Gasteiger partial charge in [-0.15, -0.1) is 0 Å². The quantitative estimate of drug-likeness (QED) is 0.901. The molecule has 2 nitrogen and oxygen atoms in total. The highest BCUT2D eigenvalue weighted by molar-refractivity contribution is 6.31. The third kappa shape index (κ3) is 2.85. The number of rotatable bonds is 3. The summed E-state index contributed by atoms with van der Waals surface area (Å²) in [5.41, 5.74) is 1.69. The third-order valence-electron chi connectivity index (χ3n) is 4.20. The van der Waals surface area contributed by atoms with Crippen molar-refractivity contribution in [1.82, 2.24) is 5.32 Å². The molecule has 1 aliphatic rings. The number of halogens is 1. The summed E-state index contributed by atoms with van der Waals surface area (Å²) >= 11 is 6.17. The van der Waals surface area contributed by atoms with E-state index in [0.29, 0.717) is 16.6 Å². The van der Waals surface area contributed by atoms with Gasteiger partial charge in [0.15, 0.2) is 0 Å². The summed E-state index contributed by atoms with van der Waals surface area (Å²) in [7, 11) is 0. The number of benzene rings is 1. The second kappa shape index (κ2) is 5.73. The highest BCUT2D eigenvalue weighted by Gasteiger charge is 2.29. The summed E-state index contributed by atoms with van der Waals surface area (Å²) in [4.78, 5) is 0. The molecule has 1 saturated carbocycles. The zero-order valence-corrected chi connectivity index (χ0v) is 11.7. The predicted molar refractivity (Wildman–Crippen MR) is 74.4 cm³/mol. The summed E-state index contributed by atoms with van der Waals surface area (Å²) in [5.74, 6) is 1.53. The van der Waals surface area contributed by atoms with E-state index in [9.17, 15) is 0 Å². The molecule has 1 aromatic carbocycles. The number of hydrogen-bond donors (Lipinski definition) is 1. The van der Waals surface area contributed by atoms with Crippen molar-refractivity contribution in [3.63, 3.8) is 0 Å². The Bertz CT molecular complexity index is 464. The van der Waals surface area contributed by atoms with Gasteiger partial charge in [0.25, 0.3) is 0 Å². The minimum Gasteiger partial charge on any atom is -0.310 e. The van der Waals surface area contributed by atoms with E-state index < -0.39 is 0 Å². The van der Waals surface area contributed by atoms with Crippen LogP contribution in [0.2, 0.25) is 5.02 Å². The monoisotopic (exact) mass is 262 g/mol. The van der Waals surface area contributed by atoms with E-state index in [1.807, 2.05) is 12.1 Å². The molecule has 3 atom stereocenters. The molecule has 0 amide bonds. The van der Waals surface area contributed by atoms with Crippen molar-refractivity contribution >= 4 is 11.6 Å². The Morgan fingerprint density at radius 2 is 2.17 bits per heavy atom. The van der Waals surface area contributed by atoms with Crippen LogP contribution in [-0.4, -0.2) is 6.04 Å². The fraction of sp³-hybridized carbons (Fsp3) is 0.533. The van der Waals surface area contributed by atoms with Crippen molar-refractivity contribution in [3.8, 4) is 6.07 Å². The fourth-order valence-electron chi connectivity index (χ4n) is 2.65. The molecule has 0 radical (unpaired) electrons. The molecule has 1 N–H and O–H groups in total. The molecular weight excluding hydrogens is 244 g/mol. The average Bonchev–Trinajstić information content (AvgIpc) is 2.68. The first-order valence-corrected chi connectivity index (χ1v) is 6.91. The summed E-state index contributed by atoms with van der Waals surface area (Å²) in [6.45, 7) is 5.42. The lowest BCUT2D eigenvalue weighted by atomic mass is 9.97. The Labute approximate surface area is 114 Å². The van der Waals surface area contributed by atoms with Gasteiger partial charge in [0.1, 0.15) is 0 Å². The molecule has 0 aliphatic heterocycles. The van der Waals surface area contributed by atoms with E-state index >= 15 is 0 Å². The van der Waals surface area contributed by atoms with Crippen molar-refractivity contribution in [2.24, 2.45) is 11.8 Å². The maximum absolute atomic E-state index is 8.80. The van der Waals surface area contributed by atoms with Gasteiger partial charge in [0, 0.05) is 17.6 Å². The van der Waals surface area contributed by atoms with Crippen molar-refractivity contribution in [2.45, 2.75) is 39.3 Å². The van der Waals surface area contributed by atoms with Crippen molar-refractivity contribution in [1.29, 1.82) is 5.26 Å². The number of hydrogen-bond acceptors (Lipinski definition) is 2. The minimum atomic E-state index is 0.590. The van der Waals surface area contributed by atoms with Crippen LogP contribution in [0.15, 0.2) is 18.2 Å². The van der Waals surface area contributed by atoms with Gasteiger partial charge >= 0.3 is 0 Å². The van der Waals surface area contributed by atoms with E-state index in [-0.39, 0.29) is 0 Å². The molecule has 96 valence electrons. The van der Waals surface area contributed by atoms with Crippen LogP contribution in [0.1, 0.15) is 37.8 Å². The highest BCUT2D eigenvalue weighted by Crippen LogP contribution is 2.31. The van der Waals surface area contributed by atoms with Crippen molar-refractivity contribution in [3.05, 3.63) is 34.3 Å². The van der Waals surface area contributed by atoms with Gasteiger partial charge in [0.05, 0.1) is 11.6 Å². The molecule has 2 rings (SSSR count). The summed E-state index contributed by atoms with van der Waals surface area (Å²) < 4.78 is 0. The second-order valence-corrected chi connectivity index (χ2v) is 5.73. The lowest BCUT2D eigenvalue weighted by Crippen LogP contribution is -2.31. The first-order valence-electron chi connectivity index (χ1n) is 6.53. The molecule has 0 aromatic heterocycles. The van der Waals surface area contributed by atoms with E-state index in [0.717, 1.165) is 23.9 Å². The molecule has 1 fully saturated rings. The molecule has 0 saturated heterocycles. The van der Waals surface area contributed by atoms with Crippen LogP contribution in [0.25, 0.3) is 0 Å². The molecular formula is C15H19ClN2. The average molecular weight is 263 g/mol. The standard InChI is InChI=1S/C15H19ClN2/c1-10-3-6-15(11(10)2)18-9-13-5-4-12(8-17)7-14(13)16/h4-5,7,10-11,15,18H,3,6,9H2,1-2H3. The minimum absolute atomic E-state index is 0.590. The Morgan fingerprint density at radius 3 is 2.72 bits per heavy atom. The molecule has 3 unspecified atom stereocenters. The summed E-state index contributed by atoms with van der Waals surface area (Å²) in [6.07, 6.45) is 2.55. The van der Waals surface area contributed by atoms with Gasteiger partial charge in [-0.1, -0.05) is 31.5 Å². The van der Waals surface area contributed by atoms with Gasteiger partial charge in [-0.25, -0.2) is 0 Å². The second-order valence-electron chi connectivity index (χ2n) is 5.32. The maximum Gasteiger partial charge on any atom is 0.0992 e. The number of nitrogens with one attached hydrogen (secondary N) is 1. The van der Waals surface area contributed by atoms with E-state index in [2.05, 4.69) is 25.2 Å². The van der Waals surface area contributed by atoms with Crippen LogP contribution in [0.4, 0.5) is 0 Å². The highest BCUT2D eigenvalue weighted by atomic mass is 35.5. The van der Waals surface area contributed by atoms with Crippen LogP contribution in [0.3, 0.4) is 0 Å². The fourth-order valence-corrected chi connectivity index (χ4v) is 2.90.